The lowest BCUT2D eigenvalue weighted by atomic mass is 9.93. The van der Waals surface area contributed by atoms with Crippen LogP contribution in [0.25, 0.3) is 0 Å². The van der Waals surface area contributed by atoms with E-state index < -0.39 is 0 Å². The highest BCUT2D eigenvalue weighted by molar-refractivity contribution is 5.38. The number of rotatable bonds is 6. The van der Waals surface area contributed by atoms with E-state index in [0.29, 0.717) is 0 Å². The quantitative estimate of drug-likeness (QED) is 0.810. The van der Waals surface area contributed by atoms with Crippen molar-refractivity contribution >= 4 is 0 Å². The molecule has 0 aliphatic carbocycles. The third-order valence-electron chi connectivity index (χ3n) is 3.93. The summed E-state index contributed by atoms with van der Waals surface area (Å²) in [5.41, 5.74) is 11.6. The second kappa shape index (κ2) is 7.25. The summed E-state index contributed by atoms with van der Waals surface area (Å²) in [4.78, 5) is 0. The van der Waals surface area contributed by atoms with Gasteiger partial charge in [0.1, 0.15) is 0 Å². The van der Waals surface area contributed by atoms with Crippen LogP contribution in [0.4, 0.5) is 0 Å². The summed E-state index contributed by atoms with van der Waals surface area (Å²) in [5.74, 6) is 0. The molecule has 0 aromatic heterocycles. The van der Waals surface area contributed by atoms with Crippen LogP contribution in [-0.4, -0.2) is 0 Å². The van der Waals surface area contributed by atoms with Crippen molar-refractivity contribution in [1.82, 2.24) is 0 Å². The number of aryl methyl sites for hydroxylation is 2. The number of nitrogens with two attached hydrogens (primary N) is 1. The maximum atomic E-state index is 6.44. The zero-order valence-corrected chi connectivity index (χ0v) is 12.6. The SMILES string of the molecule is CCCCc1ccc(C(N)c2ccccc2CC)cc1. The van der Waals surface area contributed by atoms with Gasteiger partial charge in [0.05, 0.1) is 6.04 Å². The fraction of sp³-hybridized carbons (Fsp3) is 0.368. The van der Waals surface area contributed by atoms with E-state index in [1.807, 2.05) is 0 Å². The summed E-state index contributed by atoms with van der Waals surface area (Å²) in [6.07, 6.45) is 4.69. The van der Waals surface area contributed by atoms with E-state index in [1.165, 1.54) is 35.1 Å². The van der Waals surface area contributed by atoms with Crippen molar-refractivity contribution in [3.63, 3.8) is 0 Å². The van der Waals surface area contributed by atoms with Crippen molar-refractivity contribution in [3.8, 4) is 0 Å². The highest BCUT2D eigenvalue weighted by atomic mass is 14.6. The Labute approximate surface area is 122 Å². The van der Waals surface area contributed by atoms with E-state index in [1.54, 1.807) is 0 Å². The summed E-state index contributed by atoms with van der Waals surface area (Å²) >= 11 is 0. The number of unbranched alkanes of at least 4 members (excludes halogenated alkanes) is 1. The molecule has 1 atom stereocenters. The molecule has 1 nitrogen and oxygen atoms in total. The van der Waals surface area contributed by atoms with Gasteiger partial charge in [0.2, 0.25) is 0 Å². The van der Waals surface area contributed by atoms with Crippen molar-refractivity contribution in [3.05, 3.63) is 70.8 Å². The summed E-state index contributed by atoms with van der Waals surface area (Å²) in [6.45, 7) is 4.41. The first-order valence-corrected chi connectivity index (χ1v) is 7.68. The Morgan fingerprint density at radius 3 is 2.30 bits per heavy atom. The lowest BCUT2D eigenvalue weighted by molar-refractivity contribution is 0.792. The molecule has 0 radical (unpaired) electrons. The molecule has 0 saturated heterocycles. The Morgan fingerprint density at radius 2 is 1.65 bits per heavy atom. The number of benzene rings is 2. The van der Waals surface area contributed by atoms with E-state index in [2.05, 4.69) is 62.4 Å². The van der Waals surface area contributed by atoms with Crippen LogP contribution in [-0.2, 0) is 12.8 Å². The Kier molecular flexibility index (Phi) is 5.37. The van der Waals surface area contributed by atoms with Crippen molar-refractivity contribution in [2.24, 2.45) is 5.73 Å². The summed E-state index contributed by atoms with van der Waals surface area (Å²) in [6, 6.07) is 17.3. The Hall–Kier alpha value is -1.60. The molecular weight excluding hydrogens is 242 g/mol. The molecule has 2 rings (SSSR count). The minimum absolute atomic E-state index is 0.0219. The molecular formula is C19H25N. The van der Waals surface area contributed by atoms with Gasteiger partial charge in [-0.25, -0.2) is 0 Å². The number of hydrogen-bond acceptors (Lipinski definition) is 1. The second-order valence-electron chi connectivity index (χ2n) is 5.38. The molecule has 0 spiro atoms. The molecule has 2 N–H and O–H groups in total. The monoisotopic (exact) mass is 267 g/mol. The molecule has 0 aliphatic rings. The molecule has 2 aromatic carbocycles. The zero-order chi connectivity index (χ0) is 14.4. The second-order valence-corrected chi connectivity index (χ2v) is 5.38. The molecule has 0 heterocycles. The van der Waals surface area contributed by atoms with Gasteiger partial charge in [-0.15, -0.1) is 0 Å². The van der Waals surface area contributed by atoms with Crippen LogP contribution in [0.15, 0.2) is 48.5 Å². The molecule has 0 fully saturated rings. The molecule has 0 saturated carbocycles. The average molecular weight is 267 g/mol. The lowest BCUT2D eigenvalue weighted by Gasteiger charge is -2.16. The Morgan fingerprint density at radius 1 is 0.950 bits per heavy atom. The molecule has 20 heavy (non-hydrogen) atoms. The predicted molar refractivity (Wildman–Crippen MR) is 86.9 cm³/mol. The average Bonchev–Trinajstić information content (AvgIpc) is 2.52. The predicted octanol–water partition coefficient (Wildman–Crippen LogP) is 4.64. The van der Waals surface area contributed by atoms with Gasteiger partial charge in [-0.3, -0.25) is 0 Å². The summed E-state index contributed by atoms with van der Waals surface area (Å²) < 4.78 is 0. The Bertz CT molecular complexity index is 528. The highest BCUT2D eigenvalue weighted by Gasteiger charge is 2.11. The van der Waals surface area contributed by atoms with Crippen molar-refractivity contribution < 1.29 is 0 Å². The van der Waals surface area contributed by atoms with Crippen LogP contribution in [0.1, 0.15) is 55.0 Å². The van der Waals surface area contributed by atoms with Crippen LogP contribution in [0.5, 0.6) is 0 Å². The normalized spacial score (nSPS) is 12.3. The van der Waals surface area contributed by atoms with Crippen LogP contribution in [0.3, 0.4) is 0 Å². The molecule has 2 aromatic rings. The standard InChI is InChI=1S/C19H25N/c1-3-5-8-15-11-13-17(14-12-15)19(20)18-10-7-6-9-16(18)4-2/h6-7,9-14,19H,3-5,8,20H2,1-2H3. The van der Waals surface area contributed by atoms with Gasteiger partial charge in [0, 0.05) is 0 Å². The van der Waals surface area contributed by atoms with Crippen molar-refractivity contribution in [2.75, 3.05) is 0 Å². The largest absolute Gasteiger partial charge is 0.320 e. The molecule has 1 unspecified atom stereocenters. The van der Waals surface area contributed by atoms with Crippen LogP contribution >= 0.6 is 0 Å². The lowest BCUT2D eigenvalue weighted by Crippen LogP contribution is -2.13. The van der Waals surface area contributed by atoms with Gasteiger partial charge in [0.25, 0.3) is 0 Å². The zero-order valence-electron chi connectivity index (χ0n) is 12.6. The molecule has 0 aliphatic heterocycles. The van der Waals surface area contributed by atoms with Gasteiger partial charge < -0.3 is 5.73 Å². The van der Waals surface area contributed by atoms with E-state index in [9.17, 15) is 0 Å². The Balaban J connectivity index is 2.18. The summed E-state index contributed by atoms with van der Waals surface area (Å²) in [5, 5.41) is 0. The first-order chi connectivity index (χ1) is 9.76. The van der Waals surface area contributed by atoms with Gasteiger partial charge >= 0.3 is 0 Å². The third-order valence-corrected chi connectivity index (χ3v) is 3.93. The van der Waals surface area contributed by atoms with E-state index in [4.69, 9.17) is 5.73 Å². The highest BCUT2D eigenvalue weighted by Crippen LogP contribution is 2.23. The van der Waals surface area contributed by atoms with Gasteiger partial charge in [-0.1, -0.05) is 68.8 Å². The number of hydrogen-bond donors (Lipinski definition) is 1. The van der Waals surface area contributed by atoms with E-state index in [0.717, 1.165) is 12.8 Å². The minimum atomic E-state index is -0.0219. The van der Waals surface area contributed by atoms with Crippen molar-refractivity contribution in [2.45, 2.75) is 45.6 Å². The van der Waals surface area contributed by atoms with Crippen LogP contribution < -0.4 is 5.73 Å². The maximum absolute atomic E-state index is 6.44. The van der Waals surface area contributed by atoms with Gasteiger partial charge in [-0.2, -0.15) is 0 Å². The summed E-state index contributed by atoms with van der Waals surface area (Å²) in [7, 11) is 0. The smallest absolute Gasteiger partial charge is 0.0554 e. The third kappa shape index (κ3) is 3.49. The van der Waals surface area contributed by atoms with Crippen LogP contribution in [0, 0.1) is 0 Å². The fourth-order valence-electron chi connectivity index (χ4n) is 2.61. The first kappa shape index (κ1) is 14.8. The molecule has 1 heteroatoms. The first-order valence-electron chi connectivity index (χ1n) is 7.68. The topological polar surface area (TPSA) is 26.0 Å². The molecule has 106 valence electrons. The van der Waals surface area contributed by atoms with Gasteiger partial charge in [0.15, 0.2) is 0 Å². The fourth-order valence-corrected chi connectivity index (χ4v) is 2.61. The van der Waals surface area contributed by atoms with E-state index in [-0.39, 0.29) is 6.04 Å². The minimum Gasteiger partial charge on any atom is -0.320 e. The van der Waals surface area contributed by atoms with Crippen molar-refractivity contribution in [1.29, 1.82) is 0 Å². The molecule has 0 amide bonds. The van der Waals surface area contributed by atoms with E-state index >= 15 is 0 Å². The maximum Gasteiger partial charge on any atom is 0.0554 e. The van der Waals surface area contributed by atoms with Crippen LogP contribution in [0.2, 0.25) is 0 Å². The molecule has 0 bridgehead atoms. The van der Waals surface area contributed by atoms with Gasteiger partial charge in [-0.05, 0) is 41.5 Å².